The molecule has 3 rings (SSSR count). The van der Waals surface area contributed by atoms with Crippen molar-refractivity contribution in [2.24, 2.45) is 0 Å². The largest absolute Gasteiger partial charge is 0.490 e. The van der Waals surface area contributed by atoms with Crippen LogP contribution in [0.3, 0.4) is 0 Å². The molecule has 0 atom stereocenters. The Morgan fingerprint density at radius 3 is 2.34 bits per heavy atom. The Morgan fingerprint density at radius 1 is 0.897 bits per heavy atom. The van der Waals surface area contributed by atoms with Gasteiger partial charge in [-0.2, -0.15) is 0 Å². The molecule has 1 N–H and O–H groups in total. The fraction of sp³-hybridized carbons (Fsp3) is 0.391. The van der Waals surface area contributed by atoms with Crippen LogP contribution in [0.4, 0.5) is 5.69 Å². The van der Waals surface area contributed by atoms with Crippen molar-refractivity contribution in [1.82, 2.24) is 4.90 Å². The van der Waals surface area contributed by atoms with Crippen molar-refractivity contribution in [2.75, 3.05) is 31.6 Å². The summed E-state index contributed by atoms with van der Waals surface area (Å²) in [6.07, 6.45) is 3.26. The smallest absolute Gasteiger partial charge is 0.255 e. The molecule has 6 heteroatoms. The molecule has 2 aromatic carbocycles. The molecule has 1 saturated heterocycles. The first-order valence-corrected chi connectivity index (χ1v) is 10.2. The molecular weight excluding hydrogens is 368 g/mol. The summed E-state index contributed by atoms with van der Waals surface area (Å²) in [5.74, 6) is 0.896. The Morgan fingerprint density at radius 2 is 1.62 bits per heavy atom. The third-order valence-corrected chi connectivity index (χ3v) is 4.82. The number of nitrogens with zero attached hydrogens (tertiary/aromatic N) is 1. The molecule has 1 aliphatic heterocycles. The van der Waals surface area contributed by atoms with Gasteiger partial charge in [0.2, 0.25) is 0 Å². The zero-order valence-corrected chi connectivity index (χ0v) is 17.1. The first kappa shape index (κ1) is 20.7. The van der Waals surface area contributed by atoms with Crippen LogP contribution < -0.4 is 14.8 Å². The first-order chi connectivity index (χ1) is 14.1. The lowest BCUT2D eigenvalue weighted by Gasteiger charge is -2.26. The molecule has 0 radical (unpaired) electrons. The molecule has 0 spiro atoms. The van der Waals surface area contributed by atoms with E-state index in [1.807, 2.05) is 18.7 Å². The van der Waals surface area contributed by atoms with Gasteiger partial charge in [-0.05, 0) is 69.5 Å². The number of piperidine rings is 1. The van der Waals surface area contributed by atoms with Gasteiger partial charge in [0.15, 0.2) is 11.5 Å². The summed E-state index contributed by atoms with van der Waals surface area (Å²) in [6.45, 7) is 6.36. The standard InChI is InChI=1S/C23H28N2O4/c1-3-28-20-12-11-17(16-21(20)29-4-2)22(26)24-19-10-8-9-18(15-19)23(27)25-13-6-5-7-14-25/h8-12,15-16H,3-7,13-14H2,1-2H3,(H,24,26). The number of hydrogen-bond donors (Lipinski definition) is 1. The summed E-state index contributed by atoms with van der Waals surface area (Å²) in [6, 6.07) is 12.2. The second kappa shape index (κ2) is 9.96. The molecule has 1 heterocycles. The number of nitrogens with one attached hydrogen (secondary N) is 1. The van der Waals surface area contributed by atoms with Crippen molar-refractivity contribution >= 4 is 17.5 Å². The summed E-state index contributed by atoms with van der Waals surface area (Å²) in [4.78, 5) is 27.3. The second-order valence-corrected chi connectivity index (χ2v) is 6.92. The molecule has 2 amide bonds. The summed E-state index contributed by atoms with van der Waals surface area (Å²) in [7, 11) is 0. The van der Waals surface area contributed by atoms with Crippen LogP contribution in [0.15, 0.2) is 42.5 Å². The molecule has 2 aromatic rings. The Hall–Kier alpha value is -3.02. The van der Waals surface area contributed by atoms with Gasteiger partial charge in [-0.25, -0.2) is 0 Å². The predicted molar refractivity (Wildman–Crippen MR) is 113 cm³/mol. The van der Waals surface area contributed by atoms with Crippen molar-refractivity contribution in [2.45, 2.75) is 33.1 Å². The van der Waals surface area contributed by atoms with Crippen LogP contribution in [-0.2, 0) is 0 Å². The summed E-state index contributed by atoms with van der Waals surface area (Å²) < 4.78 is 11.1. The number of rotatable bonds is 7. The van der Waals surface area contributed by atoms with Gasteiger partial charge in [-0.15, -0.1) is 0 Å². The Kier molecular flexibility index (Phi) is 7.11. The number of hydrogen-bond acceptors (Lipinski definition) is 4. The third kappa shape index (κ3) is 5.28. The molecule has 0 unspecified atom stereocenters. The van der Waals surface area contributed by atoms with Gasteiger partial charge >= 0.3 is 0 Å². The molecule has 0 aliphatic carbocycles. The topological polar surface area (TPSA) is 67.9 Å². The monoisotopic (exact) mass is 396 g/mol. The molecule has 1 fully saturated rings. The average molecular weight is 396 g/mol. The van der Waals surface area contributed by atoms with E-state index in [2.05, 4.69) is 5.32 Å². The molecule has 29 heavy (non-hydrogen) atoms. The van der Waals surface area contributed by atoms with Crippen molar-refractivity contribution in [3.8, 4) is 11.5 Å². The Bertz CT molecular complexity index is 860. The number of benzene rings is 2. The predicted octanol–water partition coefficient (Wildman–Crippen LogP) is 4.36. The van der Waals surface area contributed by atoms with E-state index >= 15 is 0 Å². The lowest BCUT2D eigenvalue weighted by Crippen LogP contribution is -2.35. The average Bonchev–Trinajstić information content (AvgIpc) is 2.75. The molecule has 6 nitrogen and oxygen atoms in total. The van der Waals surface area contributed by atoms with Crippen LogP contribution in [0.1, 0.15) is 53.8 Å². The fourth-order valence-corrected chi connectivity index (χ4v) is 3.41. The van der Waals surface area contributed by atoms with Crippen LogP contribution in [0.5, 0.6) is 11.5 Å². The molecule has 0 saturated carbocycles. The van der Waals surface area contributed by atoms with Gasteiger partial charge in [0.05, 0.1) is 13.2 Å². The molecule has 154 valence electrons. The van der Waals surface area contributed by atoms with Gasteiger partial charge < -0.3 is 19.7 Å². The maximum absolute atomic E-state index is 12.7. The van der Waals surface area contributed by atoms with E-state index < -0.39 is 0 Å². The lowest BCUT2D eigenvalue weighted by atomic mass is 10.1. The van der Waals surface area contributed by atoms with Crippen LogP contribution >= 0.6 is 0 Å². The van der Waals surface area contributed by atoms with Crippen molar-refractivity contribution in [1.29, 1.82) is 0 Å². The molecule has 1 aliphatic rings. The highest BCUT2D eigenvalue weighted by molar-refractivity contribution is 6.05. The van der Waals surface area contributed by atoms with Gasteiger partial charge in [0, 0.05) is 29.9 Å². The minimum Gasteiger partial charge on any atom is -0.490 e. The van der Waals surface area contributed by atoms with E-state index in [4.69, 9.17) is 9.47 Å². The SMILES string of the molecule is CCOc1ccc(C(=O)Nc2cccc(C(=O)N3CCCCC3)c2)cc1OCC. The minimum atomic E-state index is -0.267. The number of likely N-dealkylation sites (tertiary alicyclic amines) is 1. The first-order valence-electron chi connectivity index (χ1n) is 10.2. The van der Waals surface area contributed by atoms with Crippen molar-refractivity contribution in [3.63, 3.8) is 0 Å². The fourth-order valence-electron chi connectivity index (χ4n) is 3.41. The molecular formula is C23H28N2O4. The number of ether oxygens (including phenoxy) is 2. The van der Waals surface area contributed by atoms with Crippen LogP contribution in [-0.4, -0.2) is 43.0 Å². The van der Waals surface area contributed by atoms with Gasteiger partial charge in [0.25, 0.3) is 11.8 Å². The zero-order chi connectivity index (χ0) is 20.6. The van der Waals surface area contributed by atoms with Crippen LogP contribution in [0.2, 0.25) is 0 Å². The number of anilines is 1. The van der Waals surface area contributed by atoms with Gasteiger partial charge in [-0.3, -0.25) is 9.59 Å². The molecule has 0 aromatic heterocycles. The zero-order valence-electron chi connectivity index (χ0n) is 17.1. The van der Waals surface area contributed by atoms with E-state index in [9.17, 15) is 9.59 Å². The Labute approximate surface area is 171 Å². The number of carbonyl (C=O) groups excluding carboxylic acids is 2. The summed E-state index contributed by atoms with van der Waals surface area (Å²) >= 11 is 0. The van der Waals surface area contributed by atoms with E-state index in [0.29, 0.717) is 41.5 Å². The maximum Gasteiger partial charge on any atom is 0.255 e. The van der Waals surface area contributed by atoms with Crippen LogP contribution in [0, 0.1) is 0 Å². The summed E-state index contributed by atoms with van der Waals surface area (Å²) in [5.41, 5.74) is 1.64. The van der Waals surface area contributed by atoms with E-state index in [1.54, 1.807) is 42.5 Å². The quantitative estimate of drug-likeness (QED) is 0.755. The second-order valence-electron chi connectivity index (χ2n) is 6.92. The summed E-state index contributed by atoms with van der Waals surface area (Å²) in [5, 5.41) is 2.87. The van der Waals surface area contributed by atoms with E-state index in [1.165, 1.54) is 6.42 Å². The van der Waals surface area contributed by atoms with E-state index in [0.717, 1.165) is 25.9 Å². The number of carbonyl (C=O) groups is 2. The number of amides is 2. The highest BCUT2D eigenvalue weighted by Gasteiger charge is 2.19. The van der Waals surface area contributed by atoms with Gasteiger partial charge in [0.1, 0.15) is 0 Å². The maximum atomic E-state index is 12.7. The van der Waals surface area contributed by atoms with Crippen molar-refractivity contribution in [3.05, 3.63) is 53.6 Å². The Balaban J connectivity index is 1.73. The van der Waals surface area contributed by atoms with E-state index in [-0.39, 0.29) is 11.8 Å². The third-order valence-electron chi connectivity index (χ3n) is 4.82. The normalized spacial score (nSPS) is 13.7. The minimum absolute atomic E-state index is 0.0144. The van der Waals surface area contributed by atoms with Gasteiger partial charge in [-0.1, -0.05) is 6.07 Å². The van der Waals surface area contributed by atoms with Crippen molar-refractivity contribution < 1.29 is 19.1 Å². The van der Waals surface area contributed by atoms with Crippen LogP contribution in [0.25, 0.3) is 0 Å². The highest BCUT2D eigenvalue weighted by atomic mass is 16.5. The molecule has 0 bridgehead atoms. The highest BCUT2D eigenvalue weighted by Crippen LogP contribution is 2.29. The lowest BCUT2D eigenvalue weighted by molar-refractivity contribution is 0.0724.